The van der Waals surface area contributed by atoms with E-state index in [9.17, 15) is 9.59 Å². The van der Waals surface area contributed by atoms with E-state index in [1.807, 2.05) is 26.1 Å². The van der Waals surface area contributed by atoms with Gasteiger partial charge in [0.25, 0.3) is 0 Å². The molecule has 0 radical (unpaired) electrons. The van der Waals surface area contributed by atoms with Gasteiger partial charge in [0.2, 0.25) is 5.91 Å². The Kier molecular flexibility index (Phi) is 5.55. The van der Waals surface area contributed by atoms with E-state index in [4.69, 9.17) is 5.11 Å². The Morgan fingerprint density at radius 3 is 2.59 bits per heavy atom. The number of carbonyl (C=O) groups excluding carboxylic acids is 1. The number of piperidine rings is 1. The second kappa shape index (κ2) is 7.40. The van der Waals surface area contributed by atoms with Crippen molar-refractivity contribution in [2.24, 2.45) is 0 Å². The predicted molar refractivity (Wildman–Crippen MR) is 85.1 cm³/mol. The van der Waals surface area contributed by atoms with Crippen LogP contribution in [0.25, 0.3) is 0 Å². The Morgan fingerprint density at radius 1 is 1.32 bits per heavy atom. The number of carboxylic acids is 1. The lowest BCUT2D eigenvalue weighted by molar-refractivity contribution is -0.131. The van der Waals surface area contributed by atoms with Gasteiger partial charge in [-0.2, -0.15) is 0 Å². The Labute approximate surface area is 131 Å². The average molecular weight is 304 g/mol. The quantitative estimate of drug-likeness (QED) is 0.904. The minimum atomic E-state index is -0.898. The summed E-state index contributed by atoms with van der Waals surface area (Å²) in [5, 5.41) is 8.95. The van der Waals surface area contributed by atoms with Crippen LogP contribution in [-0.4, -0.2) is 60.0 Å². The maximum Gasteiger partial charge on any atom is 0.335 e. The lowest BCUT2D eigenvalue weighted by Gasteiger charge is -2.33. The first-order chi connectivity index (χ1) is 10.5. The van der Waals surface area contributed by atoms with E-state index in [-0.39, 0.29) is 5.91 Å². The van der Waals surface area contributed by atoms with Gasteiger partial charge in [0.05, 0.1) is 12.1 Å². The van der Waals surface area contributed by atoms with Gasteiger partial charge in [0, 0.05) is 20.1 Å². The molecule has 2 rings (SSSR count). The first-order valence-electron chi connectivity index (χ1n) is 7.80. The Hall–Kier alpha value is -1.88. The summed E-state index contributed by atoms with van der Waals surface area (Å²) in [5.74, 6) is -0.370. The number of nitrogens with zero attached hydrogens (tertiary/aromatic N) is 2. The van der Waals surface area contributed by atoms with Gasteiger partial charge in [0.1, 0.15) is 0 Å². The van der Waals surface area contributed by atoms with Gasteiger partial charge in [-0.05, 0) is 49.9 Å². The summed E-state index contributed by atoms with van der Waals surface area (Å²) in [4.78, 5) is 26.9. The van der Waals surface area contributed by atoms with Crippen LogP contribution >= 0.6 is 0 Å². The fourth-order valence-electron chi connectivity index (χ4n) is 2.86. The van der Waals surface area contributed by atoms with Crippen molar-refractivity contribution in [1.82, 2.24) is 9.80 Å². The third kappa shape index (κ3) is 4.07. The molecule has 120 valence electrons. The number of amides is 1. The van der Waals surface area contributed by atoms with Crippen molar-refractivity contribution >= 4 is 11.9 Å². The van der Waals surface area contributed by atoms with Crippen LogP contribution in [0, 0.1) is 0 Å². The number of aromatic carboxylic acids is 1. The van der Waals surface area contributed by atoms with Crippen LogP contribution in [0.15, 0.2) is 24.3 Å². The molecule has 1 atom stereocenters. The van der Waals surface area contributed by atoms with Crippen LogP contribution in [0.3, 0.4) is 0 Å². The highest BCUT2D eigenvalue weighted by Gasteiger charge is 2.23. The highest BCUT2D eigenvalue weighted by molar-refractivity contribution is 5.87. The molecule has 0 unspecified atom stereocenters. The summed E-state index contributed by atoms with van der Waals surface area (Å²) in [6, 6.07) is 7.12. The molecule has 5 heteroatoms. The Bertz CT molecular complexity index is 527. The van der Waals surface area contributed by atoms with Gasteiger partial charge in [-0.15, -0.1) is 0 Å². The normalized spacial score (nSPS) is 18.9. The zero-order valence-electron chi connectivity index (χ0n) is 13.3. The number of likely N-dealkylation sites (N-methyl/N-ethyl adjacent to an activating group) is 1. The molecule has 0 saturated carbocycles. The van der Waals surface area contributed by atoms with Crippen LogP contribution in [0.5, 0.6) is 0 Å². The fourth-order valence-corrected chi connectivity index (χ4v) is 2.86. The molecule has 1 aromatic rings. The maximum atomic E-state index is 12.0. The molecule has 1 aromatic carbocycles. The Morgan fingerprint density at radius 2 is 2.00 bits per heavy atom. The van der Waals surface area contributed by atoms with E-state index in [2.05, 4.69) is 4.90 Å². The number of benzene rings is 1. The molecule has 1 heterocycles. The van der Waals surface area contributed by atoms with E-state index >= 15 is 0 Å². The summed E-state index contributed by atoms with van der Waals surface area (Å²) < 4.78 is 0. The predicted octanol–water partition coefficient (Wildman–Crippen LogP) is 2.04. The Balaban J connectivity index is 1.98. The van der Waals surface area contributed by atoms with Gasteiger partial charge >= 0.3 is 5.97 Å². The average Bonchev–Trinajstić information content (AvgIpc) is 2.54. The summed E-state index contributed by atoms with van der Waals surface area (Å²) in [6.45, 7) is 4.98. The molecular formula is C17H24N2O3. The van der Waals surface area contributed by atoms with Gasteiger partial charge < -0.3 is 10.0 Å². The number of hydrogen-bond acceptors (Lipinski definition) is 3. The topological polar surface area (TPSA) is 60.9 Å². The zero-order valence-corrected chi connectivity index (χ0v) is 13.3. The molecule has 1 N–H and O–H groups in total. The second-order valence-corrected chi connectivity index (χ2v) is 5.91. The van der Waals surface area contributed by atoms with E-state index in [0.717, 1.165) is 38.0 Å². The number of hydrogen-bond donors (Lipinski definition) is 1. The molecule has 0 bridgehead atoms. The monoisotopic (exact) mass is 304 g/mol. The van der Waals surface area contributed by atoms with Crippen LogP contribution in [0.4, 0.5) is 0 Å². The summed E-state index contributed by atoms with van der Waals surface area (Å²) in [7, 11) is 1.83. The molecule has 22 heavy (non-hydrogen) atoms. The lowest BCUT2D eigenvalue weighted by atomic mass is 9.90. The third-order valence-electron chi connectivity index (χ3n) is 4.39. The van der Waals surface area contributed by atoms with Crippen molar-refractivity contribution in [3.05, 3.63) is 35.4 Å². The van der Waals surface area contributed by atoms with Crippen molar-refractivity contribution in [2.45, 2.75) is 25.7 Å². The highest BCUT2D eigenvalue weighted by Crippen LogP contribution is 2.27. The van der Waals surface area contributed by atoms with Crippen LogP contribution in [0.1, 0.15) is 41.6 Å². The highest BCUT2D eigenvalue weighted by atomic mass is 16.4. The maximum absolute atomic E-state index is 12.0. The SMILES string of the molecule is CCN(C)C(=O)CN1CCC[C@H](c2ccc(C(=O)O)cc2)C1. The van der Waals surface area contributed by atoms with Crippen molar-refractivity contribution in [2.75, 3.05) is 33.2 Å². The van der Waals surface area contributed by atoms with Gasteiger partial charge in [-0.25, -0.2) is 4.79 Å². The molecule has 1 saturated heterocycles. The number of likely N-dealkylation sites (tertiary alicyclic amines) is 1. The van der Waals surface area contributed by atoms with Crippen LogP contribution in [-0.2, 0) is 4.79 Å². The molecule has 0 aromatic heterocycles. The van der Waals surface area contributed by atoms with Crippen LogP contribution in [0.2, 0.25) is 0 Å². The molecule has 1 amide bonds. The largest absolute Gasteiger partial charge is 0.478 e. The summed E-state index contributed by atoms with van der Waals surface area (Å²) in [5.41, 5.74) is 1.47. The van der Waals surface area contributed by atoms with Crippen molar-refractivity contribution in [1.29, 1.82) is 0 Å². The van der Waals surface area contributed by atoms with E-state index in [1.54, 1.807) is 17.0 Å². The smallest absolute Gasteiger partial charge is 0.335 e. The minimum absolute atomic E-state index is 0.157. The molecular weight excluding hydrogens is 280 g/mol. The molecule has 0 aliphatic carbocycles. The fraction of sp³-hybridized carbons (Fsp3) is 0.529. The summed E-state index contributed by atoms with van der Waals surface area (Å²) >= 11 is 0. The third-order valence-corrected chi connectivity index (χ3v) is 4.39. The number of rotatable bonds is 5. The van der Waals surface area contributed by atoms with Crippen molar-refractivity contribution in [3.63, 3.8) is 0 Å². The molecule has 1 aliphatic heterocycles. The molecule has 1 fully saturated rings. The lowest BCUT2D eigenvalue weighted by Crippen LogP contribution is -2.42. The standard InChI is InChI=1S/C17H24N2O3/c1-3-18(2)16(20)12-19-10-4-5-15(11-19)13-6-8-14(9-7-13)17(21)22/h6-9,15H,3-5,10-12H2,1-2H3,(H,21,22)/t15-/m0/s1. The van der Waals surface area contributed by atoms with E-state index in [0.29, 0.717) is 18.0 Å². The van der Waals surface area contributed by atoms with Crippen LogP contribution < -0.4 is 0 Å². The van der Waals surface area contributed by atoms with E-state index in [1.165, 1.54) is 0 Å². The summed E-state index contributed by atoms with van der Waals surface area (Å²) in [6.07, 6.45) is 2.15. The second-order valence-electron chi connectivity index (χ2n) is 5.91. The van der Waals surface area contributed by atoms with Crippen molar-refractivity contribution in [3.8, 4) is 0 Å². The number of carbonyl (C=O) groups is 2. The van der Waals surface area contributed by atoms with Gasteiger partial charge in [-0.1, -0.05) is 12.1 Å². The minimum Gasteiger partial charge on any atom is -0.478 e. The zero-order chi connectivity index (χ0) is 16.1. The molecule has 1 aliphatic rings. The first-order valence-corrected chi connectivity index (χ1v) is 7.80. The number of carboxylic acid groups (broad SMARTS) is 1. The first kappa shape index (κ1) is 16.5. The van der Waals surface area contributed by atoms with Gasteiger partial charge in [-0.3, -0.25) is 9.69 Å². The molecule has 5 nitrogen and oxygen atoms in total. The van der Waals surface area contributed by atoms with Gasteiger partial charge in [0.15, 0.2) is 0 Å². The molecule has 0 spiro atoms. The van der Waals surface area contributed by atoms with Crippen molar-refractivity contribution < 1.29 is 14.7 Å². The van der Waals surface area contributed by atoms with E-state index < -0.39 is 5.97 Å².